The van der Waals surface area contributed by atoms with E-state index in [1.165, 1.54) is 11.3 Å². The van der Waals surface area contributed by atoms with Crippen LogP contribution in [0.3, 0.4) is 0 Å². The van der Waals surface area contributed by atoms with Crippen LogP contribution in [0.2, 0.25) is 0 Å². The van der Waals surface area contributed by atoms with Crippen LogP contribution in [-0.4, -0.2) is 30.5 Å². The van der Waals surface area contributed by atoms with Crippen LogP contribution in [0.25, 0.3) is 0 Å². The van der Waals surface area contributed by atoms with Gasteiger partial charge in [-0.2, -0.15) is 0 Å². The third-order valence-electron chi connectivity index (χ3n) is 2.50. The van der Waals surface area contributed by atoms with E-state index in [4.69, 9.17) is 0 Å². The summed E-state index contributed by atoms with van der Waals surface area (Å²) in [7, 11) is 0. The van der Waals surface area contributed by atoms with Crippen LogP contribution in [-0.2, 0) is 5.41 Å². The van der Waals surface area contributed by atoms with Crippen LogP contribution in [0, 0.1) is 0 Å². The van der Waals surface area contributed by atoms with Gasteiger partial charge in [0.05, 0.1) is 11.2 Å². The van der Waals surface area contributed by atoms with Gasteiger partial charge in [0, 0.05) is 18.5 Å². The minimum atomic E-state index is -0.0901. The van der Waals surface area contributed by atoms with Crippen molar-refractivity contribution in [3.63, 3.8) is 0 Å². The minimum Gasteiger partial charge on any atom is -0.350 e. The summed E-state index contributed by atoms with van der Waals surface area (Å²) in [4.78, 5) is 17.1. The molecule has 102 valence electrons. The summed E-state index contributed by atoms with van der Waals surface area (Å²) in [6.07, 6.45) is 1.11. The minimum absolute atomic E-state index is 0.0132. The Kier molecular flexibility index (Phi) is 5.75. The Morgan fingerprint density at radius 2 is 2.06 bits per heavy atom. The van der Waals surface area contributed by atoms with Crippen molar-refractivity contribution in [3.05, 3.63) is 16.1 Å². The number of nitrogens with zero attached hydrogens (tertiary/aromatic N) is 1. The normalized spacial score (nSPS) is 11.6. The second-order valence-corrected chi connectivity index (χ2v) is 6.14. The van der Waals surface area contributed by atoms with Crippen LogP contribution in [0.4, 0.5) is 0 Å². The first kappa shape index (κ1) is 15.1. The van der Waals surface area contributed by atoms with Crippen molar-refractivity contribution in [1.82, 2.24) is 15.6 Å². The Bertz CT molecular complexity index is 382. The summed E-state index contributed by atoms with van der Waals surface area (Å²) in [5.41, 5.74) is 2.53. The summed E-state index contributed by atoms with van der Waals surface area (Å²) >= 11 is 1.41. The average Bonchev–Trinajstić information content (AvgIpc) is 2.77. The van der Waals surface area contributed by atoms with E-state index in [0.29, 0.717) is 6.54 Å². The van der Waals surface area contributed by atoms with Gasteiger partial charge in [0.2, 0.25) is 0 Å². The van der Waals surface area contributed by atoms with Crippen LogP contribution in [0.15, 0.2) is 5.51 Å². The predicted octanol–water partition coefficient (Wildman–Crippen LogP) is 2.17. The third kappa shape index (κ3) is 4.38. The van der Waals surface area contributed by atoms with Gasteiger partial charge in [-0.3, -0.25) is 4.79 Å². The van der Waals surface area contributed by atoms with Crippen molar-refractivity contribution < 1.29 is 4.79 Å². The number of hydrogen-bond acceptors (Lipinski definition) is 4. The van der Waals surface area contributed by atoms with Gasteiger partial charge in [0.15, 0.2) is 0 Å². The lowest BCUT2D eigenvalue weighted by Gasteiger charge is -2.17. The molecule has 1 amide bonds. The molecular weight excluding hydrogens is 246 g/mol. The Hall–Kier alpha value is -0.940. The summed E-state index contributed by atoms with van der Waals surface area (Å²) < 4.78 is 0. The second kappa shape index (κ2) is 6.85. The zero-order chi connectivity index (χ0) is 13.6. The van der Waals surface area contributed by atoms with E-state index >= 15 is 0 Å². The number of carbonyl (C=O) groups is 1. The molecule has 1 heterocycles. The number of nitrogens with one attached hydrogen (secondary N) is 2. The van der Waals surface area contributed by atoms with Gasteiger partial charge < -0.3 is 10.6 Å². The van der Waals surface area contributed by atoms with Gasteiger partial charge in [0.1, 0.15) is 4.88 Å². The summed E-state index contributed by atoms with van der Waals surface area (Å²) in [5.74, 6) is -0.0132. The smallest absolute Gasteiger partial charge is 0.263 e. The van der Waals surface area contributed by atoms with Gasteiger partial charge in [0.25, 0.3) is 5.91 Å². The second-order valence-electron chi connectivity index (χ2n) is 5.29. The van der Waals surface area contributed by atoms with Gasteiger partial charge in [-0.1, -0.05) is 27.7 Å². The molecule has 5 heteroatoms. The van der Waals surface area contributed by atoms with E-state index in [1.807, 2.05) is 0 Å². The molecule has 0 saturated carbocycles. The maximum Gasteiger partial charge on any atom is 0.263 e. The number of amides is 1. The summed E-state index contributed by atoms with van der Waals surface area (Å²) in [5, 5.41) is 6.18. The Balaban J connectivity index is 2.50. The molecular formula is C13H23N3OS. The molecule has 0 unspecified atom stereocenters. The molecule has 0 radical (unpaired) electrons. The number of aromatic nitrogens is 1. The van der Waals surface area contributed by atoms with Gasteiger partial charge in [-0.15, -0.1) is 11.3 Å². The highest BCUT2D eigenvalue weighted by atomic mass is 32.1. The maximum atomic E-state index is 12.0. The van der Waals surface area contributed by atoms with Crippen LogP contribution >= 0.6 is 11.3 Å². The molecule has 0 fully saturated rings. The van der Waals surface area contributed by atoms with Crippen molar-refractivity contribution in [1.29, 1.82) is 0 Å². The Morgan fingerprint density at radius 1 is 1.33 bits per heavy atom. The molecule has 0 saturated heterocycles. The largest absolute Gasteiger partial charge is 0.350 e. The summed E-state index contributed by atoms with van der Waals surface area (Å²) in [6, 6.07) is 0. The van der Waals surface area contributed by atoms with E-state index in [1.54, 1.807) is 5.51 Å². The first-order valence-electron chi connectivity index (χ1n) is 6.39. The van der Waals surface area contributed by atoms with E-state index in [0.717, 1.165) is 30.1 Å². The fraction of sp³-hybridized carbons (Fsp3) is 0.692. The zero-order valence-electron chi connectivity index (χ0n) is 11.7. The van der Waals surface area contributed by atoms with Crippen molar-refractivity contribution >= 4 is 17.2 Å². The Morgan fingerprint density at radius 3 is 2.67 bits per heavy atom. The first-order chi connectivity index (χ1) is 8.46. The predicted molar refractivity (Wildman–Crippen MR) is 76.3 cm³/mol. The Labute approximate surface area is 113 Å². The molecule has 0 spiro atoms. The number of carbonyl (C=O) groups excluding carboxylic acids is 1. The first-order valence-corrected chi connectivity index (χ1v) is 7.27. The highest BCUT2D eigenvalue weighted by molar-refractivity contribution is 7.11. The fourth-order valence-electron chi connectivity index (χ4n) is 1.59. The lowest BCUT2D eigenvalue weighted by atomic mass is 9.91. The molecule has 18 heavy (non-hydrogen) atoms. The average molecular weight is 269 g/mol. The van der Waals surface area contributed by atoms with Crippen molar-refractivity contribution in [2.75, 3.05) is 19.6 Å². The lowest BCUT2D eigenvalue weighted by Crippen LogP contribution is -2.33. The molecule has 1 aromatic heterocycles. The fourth-order valence-corrected chi connectivity index (χ4v) is 2.50. The standard InChI is InChI=1S/C13H23N3OS/c1-5-6-14-7-8-15-12(17)10-11(13(2,3)4)16-9-18-10/h9,14H,5-8H2,1-4H3,(H,15,17). The molecule has 0 aliphatic heterocycles. The molecule has 0 aromatic carbocycles. The number of hydrogen-bond donors (Lipinski definition) is 2. The van der Waals surface area contributed by atoms with E-state index in [-0.39, 0.29) is 11.3 Å². The van der Waals surface area contributed by atoms with Gasteiger partial charge in [-0.05, 0) is 13.0 Å². The SMILES string of the molecule is CCCNCCNC(=O)c1scnc1C(C)(C)C. The molecule has 0 bridgehead atoms. The monoisotopic (exact) mass is 269 g/mol. The van der Waals surface area contributed by atoms with Crippen molar-refractivity contribution in [3.8, 4) is 0 Å². The van der Waals surface area contributed by atoms with Crippen LogP contribution in [0.1, 0.15) is 49.5 Å². The van der Waals surface area contributed by atoms with E-state index < -0.39 is 0 Å². The highest BCUT2D eigenvalue weighted by Gasteiger charge is 2.24. The molecule has 0 aliphatic carbocycles. The van der Waals surface area contributed by atoms with Gasteiger partial charge >= 0.3 is 0 Å². The molecule has 0 aliphatic rings. The quantitative estimate of drug-likeness (QED) is 0.778. The number of thiazole rings is 1. The molecule has 0 atom stereocenters. The van der Waals surface area contributed by atoms with E-state index in [2.05, 4.69) is 43.3 Å². The van der Waals surface area contributed by atoms with Crippen LogP contribution < -0.4 is 10.6 Å². The number of rotatable bonds is 6. The topological polar surface area (TPSA) is 54.0 Å². The van der Waals surface area contributed by atoms with Crippen LogP contribution in [0.5, 0.6) is 0 Å². The van der Waals surface area contributed by atoms with Crippen molar-refractivity contribution in [2.24, 2.45) is 0 Å². The summed E-state index contributed by atoms with van der Waals surface area (Å²) in [6.45, 7) is 10.8. The molecule has 1 aromatic rings. The third-order valence-corrected chi connectivity index (χ3v) is 3.32. The highest BCUT2D eigenvalue weighted by Crippen LogP contribution is 2.26. The lowest BCUT2D eigenvalue weighted by molar-refractivity contribution is 0.0955. The van der Waals surface area contributed by atoms with Gasteiger partial charge in [-0.25, -0.2) is 4.98 Å². The zero-order valence-corrected chi connectivity index (χ0v) is 12.5. The van der Waals surface area contributed by atoms with E-state index in [9.17, 15) is 4.79 Å². The molecule has 4 nitrogen and oxygen atoms in total. The maximum absolute atomic E-state index is 12.0. The van der Waals surface area contributed by atoms with Crippen molar-refractivity contribution in [2.45, 2.75) is 39.5 Å². The molecule has 2 N–H and O–H groups in total. The molecule has 1 rings (SSSR count).